The molecule has 0 radical (unpaired) electrons. The van der Waals surface area contributed by atoms with Gasteiger partial charge in [-0.3, -0.25) is 9.59 Å². The zero-order valence-corrected chi connectivity index (χ0v) is 14.7. The van der Waals surface area contributed by atoms with Crippen LogP contribution in [-0.4, -0.2) is 28.3 Å². The molecule has 0 saturated heterocycles. The van der Waals surface area contributed by atoms with Crippen molar-refractivity contribution in [1.82, 2.24) is 15.1 Å². The lowest BCUT2D eigenvalue weighted by molar-refractivity contribution is 0.0853. The number of aromatic nitrogens is 2. The van der Waals surface area contributed by atoms with Gasteiger partial charge < -0.3 is 10.1 Å². The van der Waals surface area contributed by atoms with Gasteiger partial charge >= 0.3 is 0 Å². The van der Waals surface area contributed by atoms with E-state index in [0.717, 1.165) is 4.68 Å². The van der Waals surface area contributed by atoms with E-state index in [9.17, 15) is 14.0 Å². The van der Waals surface area contributed by atoms with Crippen molar-refractivity contribution < 1.29 is 13.9 Å². The maximum absolute atomic E-state index is 13.7. The molecule has 6 nitrogen and oxygen atoms in total. The summed E-state index contributed by atoms with van der Waals surface area (Å²) in [6.45, 7) is 5.92. The molecule has 1 atom stereocenters. The minimum atomic E-state index is -0.457. The first kappa shape index (κ1) is 18.6. The van der Waals surface area contributed by atoms with Gasteiger partial charge in [0.2, 0.25) is 0 Å². The lowest BCUT2D eigenvalue weighted by Crippen LogP contribution is -2.48. The average molecular weight is 347 g/mol. The first-order valence-electron chi connectivity index (χ1n) is 7.91. The third-order valence-electron chi connectivity index (χ3n) is 3.79. The lowest BCUT2D eigenvalue weighted by Gasteiger charge is -2.31. The van der Waals surface area contributed by atoms with Crippen molar-refractivity contribution in [2.45, 2.75) is 26.8 Å². The van der Waals surface area contributed by atoms with E-state index in [0.29, 0.717) is 0 Å². The predicted molar refractivity (Wildman–Crippen MR) is 92.1 cm³/mol. The van der Waals surface area contributed by atoms with Crippen molar-refractivity contribution in [3.8, 4) is 5.75 Å². The van der Waals surface area contributed by atoms with Gasteiger partial charge in [-0.2, -0.15) is 5.10 Å². The van der Waals surface area contributed by atoms with Crippen molar-refractivity contribution in [2.24, 2.45) is 12.5 Å². The molecule has 0 aliphatic rings. The fraction of sp³-hybridized carbons (Fsp3) is 0.389. The molecule has 0 fully saturated rings. The molecule has 1 aromatic carbocycles. The summed E-state index contributed by atoms with van der Waals surface area (Å²) in [5.41, 5.74) is -0.504. The van der Waals surface area contributed by atoms with E-state index in [1.807, 2.05) is 20.8 Å². The number of rotatable bonds is 5. The second kappa shape index (κ2) is 7.46. The maximum Gasteiger partial charge on any atom is 0.272 e. The van der Waals surface area contributed by atoms with Crippen LogP contribution in [0.4, 0.5) is 4.39 Å². The van der Waals surface area contributed by atoms with Crippen molar-refractivity contribution in [1.29, 1.82) is 0 Å². The Hall–Kier alpha value is -2.70. The summed E-state index contributed by atoms with van der Waals surface area (Å²) >= 11 is 0. The fourth-order valence-electron chi connectivity index (χ4n) is 2.10. The van der Waals surface area contributed by atoms with Crippen LogP contribution < -0.4 is 15.6 Å². The molecule has 0 aliphatic carbocycles. The second-order valence-corrected chi connectivity index (χ2v) is 6.81. The number of aryl methyl sites for hydroxylation is 1. The SMILES string of the molecule is Cn1nc(C(=O)NC(COc2ccccc2F)C(C)(C)C)ccc1=O. The summed E-state index contributed by atoms with van der Waals surface area (Å²) < 4.78 is 20.3. The molecule has 0 aliphatic heterocycles. The van der Waals surface area contributed by atoms with E-state index in [2.05, 4.69) is 10.4 Å². The second-order valence-electron chi connectivity index (χ2n) is 6.81. The standard InChI is InChI=1S/C18H22FN3O3/c1-18(2,3)15(11-25-14-8-6-5-7-12(14)19)20-17(24)13-9-10-16(23)22(4)21-13/h5-10,15H,11H2,1-4H3,(H,20,24). The van der Waals surface area contributed by atoms with E-state index in [4.69, 9.17) is 4.74 Å². The molecule has 25 heavy (non-hydrogen) atoms. The zero-order chi connectivity index (χ0) is 18.6. The van der Waals surface area contributed by atoms with E-state index in [1.165, 1.54) is 31.3 Å². The Morgan fingerprint density at radius 3 is 2.56 bits per heavy atom. The molecule has 0 bridgehead atoms. The number of benzene rings is 1. The number of hydrogen-bond acceptors (Lipinski definition) is 4. The number of para-hydroxylation sites is 1. The molecular weight excluding hydrogens is 325 g/mol. The molecule has 2 rings (SSSR count). The van der Waals surface area contributed by atoms with E-state index < -0.39 is 17.8 Å². The van der Waals surface area contributed by atoms with Gasteiger partial charge in [0.25, 0.3) is 11.5 Å². The molecule has 2 aromatic rings. The highest BCUT2D eigenvalue weighted by atomic mass is 19.1. The van der Waals surface area contributed by atoms with Crippen molar-refractivity contribution in [3.05, 3.63) is 58.3 Å². The summed E-state index contributed by atoms with van der Waals surface area (Å²) in [5.74, 6) is -0.750. The highest BCUT2D eigenvalue weighted by Crippen LogP contribution is 2.22. The van der Waals surface area contributed by atoms with Crippen molar-refractivity contribution in [2.75, 3.05) is 6.61 Å². The maximum atomic E-state index is 13.7. The van der Waals surface area contributed by atoms with Crippen LogP contribution in [0.15, 0.2) is 41.2 Å². The topological polar surface area (TPSA) is 73.2 Å². The van der Waals surface area contributed by atoms with Crippen LogP contribution >= 0.6 is 0 Å². The molecule has 134 valence electrons. The molecule has 0 spiro atoms. The molecule has 7 heteroatoms. The molecular formula is C18H22FN3O3. The Morgan fingerprint density at radius 1 is 1.28 bits per heavy atom. The van der Waals surface area contributed by atoms with Gasteiger partial charge in [0.15, 0.2) is 11.6 Å². The Bertz CT molecular complexity index is 812. The Balaban J connectivity index is 2.12. The zero-order valence-electron chi connectivity index (χ0n) is 14.7. The normalized spacial score (nSPS) is 12.5. The summed E-state index contributed by atoms with van der Waals surface area (Å²) in [7, 11) is 1.47. The number of amides is 1. The highest BCUT2D eigenvalue weighted by molar-refractivity contribution is 5.92. The predicted octanol–water partition coefficient (Wildman–Crippen LogP) is 2.14. The first-order valence-corrected chi connectivity index (χ1v) is 7.91. The Morgan fingerprint density at radius 2 is 1.96 bits per heavy atom. The monoisotopic (exact) mass is 347 g/mol. The van der Waals surface area contributed by atoms with Gasteiger partial charge in [0, 0.05) is 13.1 Å². The van der Waals surface area contributed by atoms with E-state index in [1.54, 1.807) is 12.1 Å². The van der Waals surface area contributed by atoms with Crippen LogP contribution in [0.3, 0.4) is 0 Å². The summed E-state index contributed by atoms with van der Waals surface area (Å²) in [5, 5.41) is 6.78. The Kier molecular flexibility index (Phi) is 5.56. The third-order valence-corrected chi connectivity index (χ3v) is 3.79. The number of carbonyl (C=O) groups is 1. The van der Waals surface area contributed by atoms with Crippen LogP contribution in [-0.2, 0) is 7.05 Å². The minimum Gasteiger partial charge on any atom is -0.488 e. The van der Waals surface area contributed by atoms with Gasteiger partial charge in [-0.05, 0) is 23.6 Å². The first-order chi connectivity index (χ1) is 11.7. The number of ether oxygens (including phenoxy) is 1. The van der Waals surface area contributed by atoms with Crippen molar-refractivity contribution >= 4 is 5.91 Å². The van der Waals surface area contributed by atoms with Gasteiger partial charge in [0.1, 0.15) is 12.3 Å². The molecule has 1 heterocycles. The van der Waals surface area contributed by atoms with Gasteiger partial charge in [0.05, 0.1) is 6.04 Å². The quantitative estimate of drug-likeness (QED) is 0.899. The molecule has 1 aromatic heterocycles. The van der Waals surface area contributed by atoms with Crippen LogP contribution in [0, 0.1) is 11.2 Å². The minimum absolute atomic E-state index is 0.0991. The summed E-state index contributed by atoms with van der Waals surface area (Å²) in [4.78, 5) is 23.8. The van der Waals surface area contributed by atoms with E-state index in [-0.39, 0.29) is 29.0 Å². The fourth-order valence-corrected chi connectivity index (χ4v) is 2.10. The van der Waals surface area contributed by atoms with Crippen molar-refractivity contribution in [3.63, 3.8) is 0 Å². The van der Waals surface area contributed by atoms with Crippen LogP contribution in [0.2, 0.25) is 0 Å². The number of hydrogen-bond donors (Lipinski definition) is 1. The molecule has 1 N–H and O–H groups in total. The third kappa shape index (κ3) is 4.89. The highest BCUT2D eigenvalue weighted by Gasteiger charge is 2.28. The smallest absolute Gasteiger partial charge is 0.272 e. The number of carbonyl (C=O) groups excluding carboxylic acids is 1. The van der Waals surface area contributed by atoms with Gasteiger partial charge in [-0.1, -0.05) is 32.9 Å². The Labute approximate surface area is 145 Å². The molecule has 1 unspecified atom stereocenters. The largest absolute Gasteiger partial charge is 0.488 e. The number of nitrogens with one attached hydrogen (secondary N) is 1. The van der Waals surface area contributed by atoms with Crippen LogP contribution in [0.25, 0.3) is 0 Å². The van der Waals surface area contributed by atoms with Gasteiger partial charge in [-0.15, -0.1) is 0 Å². The van der Waals surface area contributed by atoms with Gasteiger partial charge in [-0.25, -0.2) is 9.07 Å². The lowest BCUT2D eigenvalue weighted by atomic mass is 9.87. The summed E-state index contributed by atoms with van der Waals surface area (Å²) in [6.07, 6.45) is 0. The summed E-state index contributed by atoms with van der Waals surface area (Å²) in [6, 6.07) is 8.37. The average Bonchev–Trinajstić information content (AvgIpc) is 2.54. The molecule has 1 amide bonds. The molecule has 0 saturated carbocycles. The van der Waals surface area contributed by atoms with Crippen LogP contribution in [0.1, 0.15) is 31.3 Å². The van der Waals surface area contributed by atoms with Crippen LogP contribution in [0.5, 0.6) is 5.75 Å². The number of nitrogens with zero attached hydrogens (tertiary/aromatic N) is 2. The van der Waals surface area contributed by atoms with E-state index >= 15 is 0 Å². The number of halogens is 1.